The zero-order chi connectivity index (χ0) is 27.7. The third-order valence-electron chi connectivity index (χ3n) is 6.27. The highest BCUT2D eigenvalue weighted by molar-refractivity contribution is 7.90. The van der Waals surface area contributed by atoms with Gasteiger partial charge < -0.3 is 11.1 Å². The van der Waals surface area contributed by atoms with Crippen LogP contribution >= 0.6 is 0 Å². The lowest BCUT2D eigenvalue weighted by Crippen LogP contribution is -2.26. The fourth-order valence-electron chi connectivity index (χ4n) is 4.42. The zero-order valence-electron chi connectivity index (χ0n) is 21.0. The number of para-hydroxylation sites is 1. The molecule has 0 spiro atoms. The number of benzene rings is 2. The third kappa shape index (κ3) is 4.93. The highest BCUT2D eigenvalue weighted by atomic mass is 32.2. The number of pyridine rings is 2. The van der Waals surface area contributed by atoms with E-state index < -0.39 is 15.9 Å². The number of nitrogens with one attached hydrogen (secondary N) is 1. The van der Waals surface area contributed by atoms with Crippen LogP contribution < -0.4 is 16.6 Å². The summed E-state index contributed by atoms with van der Waals surface area (Å²) in [7, 11) is -3.50. The van der Waals surface area contributed by atoms with Crippen molar-refractivity contribution in [2.75, 3.05) is 17.3 Å². The first-order chi connectivity index (χ1) is 18.7. The summed E-state index contributed by atoms with van der Waals surface area (Å²) in [5.41, 5.74) is 7.98. The average molecular weight is 538 g/mol. The number of hydrogen-bond acceptors (Lipinski definition) is 9. The smallest absolute Gasteiger partial charge is 0.263 e. The highest BCUT2D eigenvalue weighted by Crippen LogP contribution is 2.31. The van der Waals surface area contributed by atoms with Gasteiger partial charge >= 0.3 is 0 Å². The predicted molar refractivity (Wildman–Crippen MR) is 149 cm³/mol. The number of fused-ring (bicyclic) bond motifs is 1. The number of sulfone groups is 1. The molecule has 0 aliphatic heterocycles. The average Bonchev–Trinajstić information content (AvgIpc) is 2.93. The summed E-state index contributed by atoms with van der Waals surface area (Å²) in [4.78, 5) is 26.5. The Morgan fingerprint density at radius 1 is 1.05 bits per heavy atom. The quantitative estimate of drug-likeness (QED) is 0.328. The Morgan fingerprint density at radius 2 is 1.82 bits per heavy atom. The third-order valence-corrected chi connectivity index (χ3v) is 7.35. The van der Waals surface area contributed by atoms with Crippen LogP contribution in [0.5, 0.6) is 0 Å². The molecule has 0 fully saturated rings. The molecule has 194 valence electrons. The van der Waals surface area contributed by atoms with Gasteiger partial charge in [0.05, 0.1) is 22.5 Å². The van der Waals surface area contributed by atoms with Gasteiger partial charge in [-0.2, -0.15) is 10.2 Å². The van der Waals surface area contributed by atoms with Crippen molar-refractivity contribution in [3.63, 3.8) is 0 Å². The Bertz CT molecular complexity index is 1930. The maximum Gasteiger partial charge on any atom is 0.263 e. The lowest BCUT2D eigenvalue weighted by atomic mass is 9.99. The molecule has 0 saturated carbocycles. The second kappa shape index (κ2) is 10.00. The maximum absolute atomic E-state index is 14.3. The minimum absolute atomic E-state index is 0.0113. The van der Waals surface area contributed by atoms with Crippen LogP contribution in [-0.2, 0) is 9.84 Å². The summed E-state index contributed by atoms with van der Waals surface area (Å²) in [6.07, 6.45) is 5.28. The molecule has 0 radical (unpaired) electrons. The Hall–Kier alpha value is -5.08. The Labute approximate surface area is 224 Å². The molecule has 0 bridgehead atoms. The van der Waals surface area contributed by atoms with Crippen molar-refractivity contribution < 1.29 is 8.42 Å². The van der Waals surface area contributed by atoms with Crippen LogP contribution in [0.25, 0.3) is 27.6 Å². The molecule has 3 aromatic heterocycles. The first-order valence-corrected chi connectivity index (χ1v) is 13.7. The van der Waals surface area contributed by atoms with Crippen molar-refractivity contribution in [3.05, 3.63) is 101 Å². The van der Waals surface area contributed by atoms with Gasteiger partial charge in [-0.05, 0) is 42.1 Å². The van der Waals surface area contributed by atoms with Crippen molar-refractivity contribution in [2.24, 2.45) is 0 Å². The summed E-state index contributed by atoms with van der Waals surface area (Å²) in [6.45, 7) is 1.85. The van der Waals surface area contributed by atoms with Crippen molar-refractivity contribution in [2.45, 2.75) is 17.9 Å². The molecule has 2 aromatic carbocycles. The maximum atomic E-state index is 14.3. The molecule has 1 atom stereocenters. The first-order valence-electron chi connectivity index (χ1n) is 11.9. The van der Waals surface area contributed by atoms with Gasteiger partial charge in [0, 0.05) is 35.6 Å². The fraction of sp³-hybridized carbons (Fsp3) is 0.107. The molecule has 0 saturated heterocycles. The SMILES string of the molecule is CC(Nc1nc(N)ncc1C#N)c1cc2cccc(-c3cncc(S(C)(=O)=O)c3)c2c(=O)n1-c1ccccc1. The van der Waals surface area contributed by atoms with Gasteiger partial charge in [-0.15, -0.1) is 0 Å². The molecule has 5 aromatic rings. The fourth-order valence-corrected chi connectivity index (χ4v) is 5.01. The number of nitrogens with zero attached hydrogens (tertiary/aromatic N) is 5. The molecule has 1 unspecified atom stereocenters. The summed E-state index contributed by atoms with van der Waals surface area (Å²) < 4.78 is 25.9. The first kappa shape index (κ1) is 25.6. The lowest BCUT2D eigenvalue weighted by Gasteiger charge is -2.22. The normalized spacial score (nSPS) is 12.1. The van der Waals surface area contributed by atoms with E-state index in [1.54, 1.807) is 16.7 Å². The number of rotatable bonds is 6. The molecule has 0 aliphatic rings. The van der Waals surface area contributed by atoms with Crippen LogP contribution in [-0.4, -0.2) is 34.2 Å². The van der Waals surface area contributed by atoms with Gasteiger partial charge in [0.1, 0.15) is 17.5 Å². The molecule has 11 heteroatoms. The van der Waals surface area contributed by atoms with Gasteiger partial charge in [-0.1, -0.05) is 36.4 Å². The van der Waals surface area contributed by atoms with E-state index in [0.717, 1.165) is 6.26 Å². The van der Waals surface area contributed by atoms with E-state index in [0.29, 0.717) is 33.3 Å². The number of hydrogen-bond donors (Lipinski definition) is 2. The van der Waals surface area contributed by atoms with Crippen LogP contribution in [0.2, 0.25) is 0 Å². The van der Waals surface area contributed by atoms with E-state index in [1.807, 2.05) is 55.5 Å². The minimum atomic E-state index is -3.50. The number of aromatic nitrogens is 4. The molecule has 5 rings (SSSR count). The zero-order valence-corrected chi connectivity index (χ0v) is 21.8. The van der Waals surface area contributed by atoms with Crippen molar-refractivity contribution in [3.8, 4) is 22.9 Å². The van der Waals surface area contributed by atoms with E-state index in [4.69, 9.17) is 5.73 Å². The van der Waals surface area contributed by atoms with Gasteiger partial charge in [-0.25, -0.2) is 13.4 Å². The molecule has 0 aliphatic carbocycles. The van der Waals surface area contributed by atoms with Gasteiger partial charge in [-0.3, -0.25) is 14.3 Å². The second-order valence-electron chi connectivity index (χ2n) is 8.96. The largest absolute Gasteiger partial charge is 0.368 e. The van der Waals surface area contributed by atoms with E-state index in [2.05, 4.69) is 20.3 Å². The van der Waals surface area contributed by atoms with Crippen molar-refractivity contribution in [1.29, 1.82) is 5.26 Å². The van der Waals surface area contributed by atoms with Crippen LogP contribution in [0.1, 0.15) is 24.2 Å². The van der Waals surface area contributed by atoms with Gasteiger partial charge in [0.25, 0.3) is 5.56 Å². The second-order valence-corrected chi connectivity index (χ2v) is 11.0. The monoisotopic (exact) mass is 537 g/mol. The van der Waals surface area contributed by atoms with Crippen LogP contribution in [0.3, 0.4) is 0 Å². The topological polar surface area (TPSA) is 157 Å². The molecule has 3 N–H and O–H groups in total. The van der Waals surface area contributed by atoms with E-state index in [1.165, 1.54) is 24.7 Å². The summed E-state index contributed by atoms with van der Waals surface area (Å²) in [6, 6.07) is 19.5. The molecule has 39 heavy (non-hydrogen) atoms. The molecule has 0 amide bonds. The number of nitriles is 1. The summed E-state index contributed by atoms with van der Waals surface area (Å²) >= 11 is 0. The number of nitrogens with two attached hydrogens (primary N) is 1. The van der Waals surface area contributed by atoms with Crippen molar-refractivity contribution in [1.82, 2.24) is 19.5 Å². The van der Waals surface area contributed by atoms with E-state index >= 15 is 0 Å². The van der Waals surface area contributed by atoms with Crippen LogP contribution in [0.4, 0.5) is 11.8 Å². The number of anilines is 2. The Morgan fingerprint density at radius 3 is 2.54 bits per heavy atom. The highest BCUT2D eigenvalue weighted by Gasteiger charge is 2.21. The Balaban J connectivity index is 1.76. The van der Waals surface area contributed by atoms with Crippen molar-refractivity contribution >= 4 is 32.4 Å². The summed E-state index contributed by atoms with van der Waals surface area (Å²) in [5.74, 6) is 0.263. The number of nitrogen functional groups attached to an aromatic ring is 1. The van der Waals surface area contributed by atoms with Crippen LogP contribution in [0, 0.1) is 11.3 Å². The molecule has 10 nitrogen and oxygen atoms in total. The molecular weight excluding hydrogens is 514 g/mol. The molecular formula is C28H23N7O3S. The summed E-state index contributed by atoms with van der Waals surface area (Å²) in [5, 5.41) is 13.8. The standard InChI is InChI=1S/C28H23N7O3S/c1-17(33-26-20(13-29)15-32-28(30)34-26)24-12-18-7-6-10-23(19-11-22(16-31-14-19)39(2,37)38)25(18)27(36)35(24)21-8-4-3-5-9-21/h3-12,14-17H,1-2H3,(H3,30,32,33,34). The van der Waals surface area contributed by atoms with E-state index in [9.17, 15) is 18.5 Å². The lowest BCUT2D eigenvalue weighted by molar-refractivity contribution is 0.601. The molecule has 3 heterocycles. The predicted octanol–water partition coefficient (Wildman–Crippen LogP) is 3.87. The Kier molecular flexibility index (Phi) is 6.55. The minimum Gasteiger partial charge on any atom is -0.368 e. The van der Waals surface area contributed by atoms with Gasteiger partial charge in [0.2, 0.25) is 5.95 Å². The van der Waals surface area contributed by atoms with Crippen LogP contribution in [0.15, 0.2) is 88.9 Å². The van der Waals surface area contributed by atoms with E-state index in [-0.39, 0.29) is 27.8 Å². The van der Waals surface area contributed by atoms with Gasteiger partial charge in [0.15, 0.2) is 9.84 Å².